The number of halogens is 1. The summed E-state index contributed by atoms with van der Waals surface area (Å²) in [5, 5.41) is 3.70. The van der Waals surface area contributed by atoms with Gasteiger partial charge < -0.3 is 14.6 Å². The van der Waals surface area contributed by atoms with Crippen LogP contribution < -0.4 is 10.1 Å². The first kappa shape index (κ1) is 20.5. The molecule has 6 heteroatoms. The van der Waals surface area contributed by atoms with Crippen molar-refractivity contribution in [1.82, 2.24) is 14.8 Å². The SMILES string of the molecule is Cn1cccc1[C@@H](CNC(=O)COc1ccc(Cl)cc1)N1CCc2ccccc2C1. The Balaban J connectivity index is 1.40. The molecule has 0 spiro atoms. The molecule has 1 aromatic heterocycles. The highest BCUT2D eigenvalue weighted by atomic mass is 35.5. The van der Waals surface area contributed by atoms with Crippen molar-refractivity contribution in [3.05, 3.63) is 88.7 Å². The van der Waals surface area contributed by atoms with Crippen LogP contribution in [0.15, 0.2) is 66.9 Å². The van der Waals surface area contributed by atoms with Crippen LogP contribution in [0.2, 0.25) is 5.02 Å². The number of benzene rings is 2. The topological polar surface area (TPSA) is 46.5 Å². The maximum atomic E-state index is 12.4. The normalized spacial score (nSPS) is 14.7. The Labute approximate surface area is 182 Å². The van der Waals surface area contributed by atoms with Crippen LogP contribution in [0.1, 0.15) is 22.9 Å². The number of nitrogens with zero attached hydrogens (tertiary/aromatic N) is 2. The van der Waals surface area contributed by atoms with Crippen LogP contribution in [0.25, 0.3) is 0 Å². The predicted molar refractivity (Wildman–Crippen MR) is 119 cm³/mol. The van der Waals surface area contributed by atoms with Crippen molar-refractivity contribution >= 4 is 17.5 Å². The van der Waals surface area contributed by atoms with E-state index < -0.39 is 0 Å². The van der Waals surface area contributed by atoms with Crippen LogP contribution in [0.4, 0.5) is 0 Å². The second-order valence-electron chi connectivity index (χ2n) is 7.60. The molecule has 0 aliphatic carbocycles. The van der Waals surface area contributed by atoms with Crippen molar-refractivity contribution in [2.24, 2.45) is 7.05 Å². The van der Waals surface area contributed by atoms with E-state index in [-0.39, 0.29) is 18.6 Å². The number of carbonyl (C=O) groups excluding carboxylic acids is 1. The van der Waals surface area contributed by atoms with Crippen LogP contribution in [-0.4, -0.2) is 35.1 Å². The first-order valence-electron chi connectivity index (χ1n) is 10.2. The molecule has 1 N–H and O–H groups in total. The first-order valence-corrected chi connectivity index (χ1v) is 10.5. The van der Waals surface area contributed by atoms with E-state index in [1.54, 1.807) is 24.3 Å². The van der Waals surface area contributed by atoms with Gasteiger partial charge in [0.15, 0.2) is 6.61 Å². The lowest BCUT2D eigenvalue weighted by atomic mass is 9.98. The Morgan fingerprint density at radius 2 is 1.87 bits per heavy atom. The molecule has 3 aromatic rings. The molecule has 2 aromatic carbocycles. The van der Waals surface area contributed by atoms with E-state index in [0.29, 0.717) is 17.3 Å². The number of ether oxygens (including phenoxy) is 1. The van der Waals surface area contributed by atoms with Gasteiger partial charge in [0.2, 0.25) is 0 Å². The monoisotopic (exact) mass is 423 g/mol. The van der Waals surface area contributed by atoms with Gasteiger partial charge in [-0.1, -0.05) is 35.9 Å². The number of rotatable bonds is 7. The molecule has 1 aliphatic rings. The van der Waals surface area contributed by atoms with Gasteiger partial charge in [-0.2, -0.15) is 0 Å². The Morgan fingerprint density at radius 1 is 1.10 bits per heavy atom. The highest BCUT2D eigenvalue weighted by molar-refractivity contribution is 6.30. The van der Waals surface area contributed by atoms with Crippen molar-refractivity contribution in [3.8, 4) is 5.75 Å². The smallest absolute Gasteiger partial charge is 0.258 e. The lowest BCUT2D eigenvalue weighted by Gasteiger charge is -2.36. The van der Waals surface area contributed by atoms with Gasteiger partial charge in [-0.3, -0.25) is 9.69 Å². The van der Waals surface area contributed by atoms with E-state index in [1.807, 2.05) is 19.3 Å². The first-order chi connectivity index (χ1) is 14.6. The zero-order valence-corrected chi connectivity index (χ0v) is 17.8. The molecule has 30 heavy (non-hydrogen) atoms. The van der Waals surface area contributed by atoms with Gasteiger partial charge >= 0.3 is 0 Å². The summed E-state index contributed by atoms with van der Waals surface area (Å²) < 4.78 is 7.70. The molecular formula is C24H26ClN3O2. The molecule has 0 saturated heterocycles. The maximum absolute atomic E-state index is 12.4. The highest BCUT2D eigenvalue weighted by Crippen LogP contribution is 2.27. The summed E-state index contributed by atoms with van der Waals surface area (Å²) >= 11 is 5.88. The van der Waals surface area contributed by atoms with E-state index >= 15 is 0 Å². The lowest BCUT2D eigenvalue weighted by molar-refractivity contribution is -0.123. The van der Waals surface area contributed by atoms with Crippen molar-refractivity contribution < 1.29 is 9.53 Å². The Hall–Kier alpha value is -2.76. The minimum Gasteiger partial charge on any atom is -0.484 e. The number of fused-ring (bicyclic) bond motifs is 1. The standard InChI is InChI=1S/C24H26ClN3O2/c1-27-13-4-7-22(27)23(28-14-12-18-5-2-3-6-19(18)16-28)15-26-24(29)17-30-21-10-8-20(25)9-11-21/h2-11,13,23H,12,14-17H2,1H3,(H,26,29)/t23-/m1/s1. The molecule has 4 rings (SSSR count). The molecule has 1 atom stereocenters. The van der Waals surface area contributed by atoms with Crippen LogP contribution in [0.3, 0.4) is 0 Å². The zero-order chi connectivity index (χ0) is 20.9. The van der Waals surface area contributed by atoms with Gasteiger partial charge in [-0.25, -0.2) is 0 Å². The summed E-state index contributed by atoms with van der Waals surface area (Å²) in [5.74, 6) is 0.489. The van der Waals surface area contributed by atoms with E-state index in [4.69, 9.17) is 16.3 Å². The van der Waals surface area contributed by atoms with Gasteiger partial charge in [0.05, 0.1) is 6.04 Å². The number of hydrogen-bond acceptors (Lipinski definition) is 3. The molecule has 2 heterocycles. The van der Waals surface area contributed by atoms with Crippen molar-refractivity contribution in [1.29, 1.82) is 0 Å². The Morgan fingerprint density at radius 3 is 2.60 bits per heavy atom. The lowest BCUT2D eigenvalue weighted by Crippen LogP contribution is -2.42. The van der Waals surface area contributed by atoms with Gasteiger partial charge in [-0.15, -0.1) is 0 Å². The fraction of sp³-hybridized carbons (Fsp3) is 0.292. The third kappa shape index (κ3) is 4.86. The van der Waals surface area contributed by atoms with Gasteiger partial charge in [-0.05, 0) is 53.9 Å². The number of aromatic nitrogens is 1. The van der Waals surface area contributed by atoms with Crippen molar-refractivity contribution in [3.63, 3.8) is 0 Å². The molecule has 1 aliphatic heterocycles. The van der Waals surface area contributed by atoms with E-state index in [1.165, 1.54) is 16.8 Å². The Kier molecular flexibility index (Phi) is 6.41. The van der Waals surface area contributed by atoms with E-state index in [9.17, 15) is 4.79 Å². The number of nitrogens with one attached hydrogen (secondary N) is 1. The van der Waals surface area contributed by atoms with E-state index in [2.05, 4.69) is 45.1 Å². The summed E-state index contributed by atoms with van der Waals surface area (Å²) in [6, 6.07) is 19.9. The van der Waals surface area contributed by atoms with Crippen LogP contribution in [-0.2, 0) is 24.8 Å². The minimum atomic E-state index is -0.137. The summed E-state index contributed by atoms with van der Waals surface area (Å²) in [7, 11) is 2.05. The highest BCUT2D eigenvalue weighted by Gasteiger charge is 2.26. The number of aryl methyl sites for hydroxylation is 1. The van der Waals surface area contributed by atoms with Gasteiger partial charge in [0.25, 0.3) is 5.91 Å². The van der Waals surface area contributed by atoms with Crippen LogP contribution in [0, 0.1) is 0 Å². The Bertz CT molecular complexity index is 1000. The fourth-order valence-corrected chi connectivity index (χ4v) is 4.09. The summed E-state index contributed by atoms with van der Waals surface area (Å²) in [6.45, 7) is 2.35. The third-order valence-corrected chi connectivity index (χ3v) is 5.85. The summed E-state index contributed by atoms with van der Waals surface area (Å²) in [4.78, 5) is 14.9. The number of amides is 1. The molecule has 0 saturated carbocycles. The van der Waals surface area contributed by atoms with Gasteiger partial charge in [0.1, 0.15) is 5.75 Å². The quantitative estimate of drug-likeness (QED) is 0.625. The molecule has 0 fully saturated rings. The fourth-order valence-electron chi connectivity index (χ4n) is 3.97. The molecular weight excluding hydrogens is 398 g/mol. The summed E-state index contributed by atoms with van der Waals surface area (Å²) in [5.41, 5.74) is 3.97. The number of hydrogen-bond donors (Lipinski definition) is 1. The predicted octanol–water partition coefficient (Wildman–Crippen LogP) is 3.97. The second kappa shape index (κ2) is 9.37. The third-order valence-electron chi connectivity index (χ3n) is 5.60. The number of carbonyl (C=O) groups is 1. The molecule has 0 radical (unpaired) electrons. The minimum absolute atomic E-state index is 0.0235. The van der Waals surface area contributed by atoms with E-state index in [0.717, 1.165) is 19.5 Å². The average molecular weight is 424 g/mol. The average Bonchev–Trinajstić information content (AvgIpc) is 3.19. The van der Waals surface area contributed by atoms with Crippen LogP contribution >= 0.6 is 11.6 Å². The van der Waals surface area contributed by atoms with Crippen molar-refractivity contribution in [2.75, 3.05) is 19.7 Å². The maximum Gasteiger partial charge on any atom is 0.258 e. The largest absolute Gasteiger partial charge is 0.484 e. The molecule has 1 amide bonds. The molecule has 156 valence electrons. The van der Waals surface area contributed by atoms with Crippen LogP contribution in [0.5, 0.6) is 5.75 Å². The molecule has 0 bridgehead atoms. The second-order valence-corrected chi connectivity index (χ2v) is 8.03. The molecule has 0 unspecified atom stereocenters. The zero-order valence-electron chi connectivity index (χ0n) is 17.1. The summed E-state index contributed by atoms with van der Waals surface area (Å²) in [6.07, 6.45) is 3.07. The molecule has 5 nitrogen and oxygen atoms in total. The van der Waals surface area contributed by atoms with Crippen molar-refractivity contribution in [2.45, 2.75) is 19.0 Å². The van der Waals surface area contributed by atoms with Gasteiger partial charge in [0, 0.05) is 43.6 Å².